The Kier molecular flexibility index (Phi) is 8.96. The van der Waals surface area contributed by atoms with Gasteiger partial charge >= 0.3 is 0 Å². The van der Waals surface area contributed by atoms with Crippen LogP contribution in [0.5, 0.6) is 0 Å². The molecule has 2 aliphatic rings. The molecule has 0 bridgehead atoms. The number of halogens is 1. The molecule has 1 aromatic carbocycles. The van der Waals surface area contributed by atoms with Crippen molar-refractivity contribution < 1.29 is 18.3 Å². The number of likely N-dealkylation sites (tertiary alicyclic amines) is 1. The number of piperidine rings is 1. The highest BCUT2D eigenvalue weighted by atomic mass is 35.5. The molecule has 238 valence electrons. The number of aliphatic imine (C=N–C) groups is 1. The van der Waals surface area contributed by atoms with E-state index in [1.165, 1.54) is 12.1 Å². The highest BCUT2D eigenvalue weighted by Crippen LogP contribution is 2.34. The smallest absolute Gasteiger partial charge is 0.256 e. The Bertz CT molecular complexity index is 1690. The number of fused-ring (bicyclic) bond motifs is 1. The number of aliphatic hydroxyl groups excluding tert-OH is 1. The monoisotopic (exact) mass is 645 g/mol. The van der Waals surface area contributed by atoms with Crippen LogP contribution in [0.15, 0.2) is 35.5 Å². The van der Waals surface area contributed by atoms with Crippen LogP contribution in [0.1, 0.15) is 67.2 Å². The van der Waals surface area contributed by atoms with Crippen molar-refractivity contribution in [3.8, 4) is 0 Å². The number of nitrogens with one attached hydrogen (secondary N) is 2. The summed E-state index contributed by atoms with van der Waals surface area (Å²) in [5, 5.41) is 17.7. The van der Waals surface area contributed by atoms with Crippen LogP contribution < -0.4 is 20.7 Å². The molecule has 2 aliphatic heterocycles. The third-order valence-electron chi connectivity index (χ3n) is 7.88. The Hall–Kier alpha value is -3.62. The van der Waals surface area contributed by atoms with E-state index in [0.29, 0.717) is 36.1 Å². The Balaban J connectivity index is 1.39. The lowest BCUT2D eigenvalue weighted by molar-refractivity contribution is 0.0607. The van der Waals surface area contributed by atoms with Gasteiger partial charge in [0, 0.05) is 42.5 Å². The zero-order chi connectivity index (χ0) is 31.8. The van der Waals surface area contributed by atoms with Gasteiger partial charge in [0.1, 0.15) is 5.82 Å². The number of carbonyl (C=O) groups excluding carboxylic acids is 1. The van der Waals surface area contributed by atoms with Crippen molar-refractivity contribution in [3.63, 3.8) is 0 Å². The molecule has 0 aliphatic carbocycles. The van der Waals surface area contributed by atoms with Gasteiger partial charge in [0.2, 0.25) is 10.0 Å². The average Bonchev–Trinajstić information content (AvgIpc) is 3.58. The van der Waals surface area contributed by atoms with Crippen molar-refractivity contribution in [1.82, 2.24) is 24.8 Å². The number of guanidine groups is 1. The molecule has 5 rings (SSSR count). The minimum absolute atomic E-state index is 0.00901. The van der Waals surface area contributed by atoms with Crippen molar-refractivity contribution in [2.45, 2.75) is 64.1 Å². The van der Waals surface area contributed by atoms with Gasteiger partial charge in [-0.15, -0.1) is 0 Å². The number of benzene rings is 1. The molecule has 13 nitrogen and oxygen atoms in total. The third-order valence-corrected chi connectivity index (χ3v) is 8.71. The maximum absolute atomic E-state index is 13.9. The lowest BCUT2D eigenvalue weighted by Gasteiger charge is -2.35. The zero-order valence-electron chi connectivity index (χ0n) is 25.4. The predicted octanol–water partition coefficient (Wildman–Crippen LogP) is 2.68. The summed E-state index contributed by atoms with van der Waals surface area (Å²) in [7, 11) is -3.61. The topological polar surface area (TPSA) is 171 Å². The van der Waals surface area contributed by atoms with E-state index in [1.54, 1.807) is 15.5 Å². The fourth-order valence-corrected chi connectivity index (χ4v) is 6.53. The van der Waals surface area contributed by atoms with Gasteiger partial charge in [-0.25, -0.2) is 22.9 Å². The van der Waals surface area contributed by atoms with Crippen LogP contribution in [0.4, 0.5) is 11.5 Å². The first-order valence-electron chi connectivity index (χ1n) is 14.7. The summed E-state index contributed by atoms with van der Waals surface area (Å²) in [6, 6.07) is 6.14. The van der Waals surface area contributed by atoms with Gasteiger partial charge in [0.25, 0.3) is 5.91 Å². The first kappa shape index (κ1) is 31.8. The number of aromatic nitrogens is 3. The van der Waals surface area contributed by atoms with Gasteiger partial charge in [-0.05, 0) is 64.7 Å². The molecule has 2 atom stereocenters. The van der Waals surface area contributed by atoms with Crippen LogP contribution >= 0.6 is 11.6 Å². The quantitative estimate of drug-likeness (QED) is 0.212. The summed E-state index contributed by atoms with van der Waals surface area (Å²) in [5.41, 5.74) is 8.26. The van der Waals surface area contributed by atoms with E-state index in [0.717, 1.165) is 49.1 Å². The van der Waals surface area contributed by atoms with Crippen molar-refractivity contribution in [1.29, 1.82) is 0 Å². The molecule has 4 heterocycles. The van der Waals surface area contributed by atoms with Crippen LogP contribution in [-0.4, -0.2) is 89.0 Å². The molecule has 2 aromatic heterocycles. The fraction of sp³-hybridized carbons (Fsp3) is 0.517. The molecule has 2 unspecified atom stereocenters. The van der Waals surface area contributed by atoms with Crippen molar-refractivity contribution in [2.75, 3.05) is 42.1 Å². The second-order valence-electron chi connectivity index (χ2n) is 12.3. The normalized spacial score (nSPS) is 19.9. The lowest BCUT2D eigenvalue weighted by Crippen LogP contribution is -2.50. The fourth-order valence-electron chi connectivity index (χ4n) is 5.78. The van der Waals surface area contributed by atoms with E-state index in [-0.39, 0.29) is 35.8 Å². The van der Waals surface area contributed by atoms with Gasteiger partial charge in [0.15, 0.2) is 11.6 Å². The van der Waals surface area contributed by atoms with Gasteiger partial charge in [0.05, 0.1) is 47.4 Å². The second kappa shape index (κ2) is 12.4. The number of amides is 1. The van der Waals surface area contributed by atoms with Gasteiger partial charge < -0.3 is 26.0 Å². The van der Waals surface area contributed by atoms with Gasteiger partial charge in [-0.1, -0.05) is 11.6 Å². The number of rotatable bonds is 8. The molecular formula is C29H40ClN9O4S. The molecule has 2 saturated heterocycles. The molecule has 5 N–H and O–H groups in total. The average molecular weight is 646 g/mol. The van der Waals surface area contributed by atoms with E-state index in [4.69, 9.17) is 27.4 Å². The van der Waals surface area contributed by atoms with Crippen molar-refractivity contribution >= 4 is 50.6 Å². The standard InChI is InChI=1S/C29H40ClN9O4S/c1-18-15-39-25(33-26(18)37-12-10-20(16-37)32-28(31)34-29(2,3)17-40)14-23(35-39)24-7-5-6-11-38(24)27(41)21-13-19(30)8-9-22(21)36-44(4,42)43/h8-9,13-15,20,24,36,40H,5-7,10-12,16-17H2,1-4H3,(H3,31,32,34). The summed E-state index contributed by atoms with van der Waals surface area (Å²) in [6.07, 6.45) is 6.26. The maximum atomic E-state index is 13.9. The molecule has 2 fully saturated rings. The van der Waals surface area contributed by atoms with Crippen molar-refractivity contribution in [3.05, 3.63) is 52.3 Å². The molecule has 44 heavy (non-hydrogen) atoms. The maximum Gasteiger partial charge on any atom is 0.256 e. The Morgan fingerprint density at radius 3 is 2.73 bits per heavy atom. The van der Waals surface area contributed by atoms with E-state index < -0.39 is 15.6 Å². The first-order valence-corrected chi connectivity index (χ1v) is 16.9. The molecular weight excluding hydrogens is 606 g/mol. The molecule has 0 spiro atoms. The Morgan fingerprint density at radius 2 is 2.00 bits per heavy atom. The highest BCUT2D eigenvalue weighted by Gasteiger charge is 2.33. The molecule has 15 heteroatoms. The minimum Gasteiger partial charge on any atom is -0.394 e. The molecule has 0 radical (unpaired) electrons. The Labute approximate surface area is 262 Å². The third kappa shape index (κ3) is 7.19. The number of hydrogen-bond donors (Lipinski definition) is 4. The van der Waals surface area contributed by atoms with Gasteiger partial charge in [-0.3, -0.25) is 9.52 Å². The molecule has 1 amide bonds. The minimum atomic E-state index is -3.61. The summed E-state index contributed by atoms with van der Waals surface area (Å²) in [4.78, 5) is 27.4. The number of anilines is 2. The largest absolute Gasteiger partial charge is 0.394 e. The zero-order valence-corrected chi connectivity index (χ0v) is 27.0. The van der Waals surface area contributed by atoms with Crippen LogP contribution in [0.3, 0.4) is 0 Å². The number of nitrogens with zero attached hydrogens (tertiary/aromatic N) is 6. The van der Waals surface area contributed by atoms with E-state index in [1.807, 2.05) is 33.0 Å². The second-order valence-corrected chi connectivity index (χ2v) is 14.4. The van der Waals surface area contributed by atoms with Crippen LogP contribution in [-0.2, 0) is 10.0 Å². The van der Waals surface area contributed by atoms with Crippen molar-refractivity contribution in [2.24, 2.45) is 10.7 Å². The molecule has 3 aromatic rings. The number of hydrogen-bond acceptors (Lipinski definition) is 8. The molecule has 0 saturated carbocycles. The van der Waals surface area contributed by atoms with Crippen LogP contribution in [0.2, 0.25) is 5.02 Å². The van der Waals surface area contributed by atoms with E-state index >= 15 is 0 Å². The number of nitrogens with two attached hydrogens (primary N) is 1. The summed E-state index contributed by atoms with van der Waals surface area (Å²) >= 11 is 6.23. The lowest BCUT2D eigenvalue weighted by atomic mass is 9.98. The highest BCUT2D eigenvalue weighted by molar-refractivity contribution is 7.92. The number of sulfonamides is 1. The summed E-state index contributed by atoms with van der Waals surface area (Å²) < 4.78 is 28.2. The number of aryl methyl sites for hydroxylation is 1. The van der Waals surface area contributed by atoms with E-state index in [2.05, 4.69) is 19.9 Å². The number of carbonyl (C=O) groups is 1. The van der Waals surface area contributed by atoms with Crippen LogP contribution in [0, 0.1) is 6.92 Å². The van der Waals surface area contributed by atoms with Gasteiger partial charge in [-0.2, -0.15) is 5.10 Å². The summed E-state index contributed by atoms with van der Waals surface area (Å²) in [6.45, 7) is 7.56. The Morgan fingerprint density at radius 1 is 1.23 bits per heavy atom. The number of aliphatic hydroxyl groups is 1. The SMILES string of the molecule is Cc1cn2nc(C3CCCCN3C(=O)c3cc(Cl)ccc3NS(C)(=O)=O)cc2nc1N1CCC(N=C(N)NC(C)(C)CO)C1. The van der Waals surface area contributed by atoms with Crippen LogP contribution in [0.25, 0.3) is 5.65 Å². The summed E-state index contributed by atoms with van der Waals surface area (Å²) in [5.74, 6) is 0.834. The predicted molar refractivity (Wildman–Crippen MR) is 172 cm³/mol. The van der Waals surface area contributed by atoms with E-state index in [9.17, 15) is 18.3 Å². The first-order chi connectivity index (χ1) is 20.7.